The molecule has 0 aliphatic heterocycles. The molecule has 0 amide bonds. The summed E-state index contributed by atoms with van der Waals surface area (Å²) in [6.07, 6.45) is 2.10. The largest absolute Gasteiger partial charge is 0.220 e. The normalized spacial score (nSPS) is 11.0. The van der Waals surface area contributed by atoms with E-state index in [1.54, 1.807) is 0 Å². The van der Waals surface area contributed by atoms with Crippen molar-refractivity contribution in [2.24, 2.45) is 7.05 Å². The highest BCUT2D eigenvalue weighted by atomic mass is 19.1. The van der Waals surface area contributed by atoms with Crippen LogP contribution >= 0.6 is 0 Å². The third kappa shape index (κ3) is 2.80. The van der Waals surface area contributed by atoms with E-state index in [0.717, 1.165) is 11.1 Å². The van der Waals surface area contributed by atoms with Crippen LogP contribution in [0.2, 0.25) is 0 Å². The average molecular weight is 328 g/mol. The highest BCUT2D eigenvalue weighted by Gasteiger charge is 2.16. The molecule has 2 heteroatoms. The zero-order chi connectivity index (χ0) is 17.4. The number of pyridine rings is 1. The van der Waals surface area contributed by atoms with Gasteiger partial charge in [0.2, 0.25) is 5.69 Å². The minimum atomic E-state index is -0.210. The highest BCUT2D eigenvalue weighted by molar-refractivity contribution is 5.95. The van der Waals surface area contributed by atoms with Crippen molar-refractivity contribution in [1.29, 1.82) is 0 Å². The number of aromatic nitrogens is 1. The van der Waals surface area contributed by atoms with Gasteiger partial charge in [0.1, 0.15) is 12.9 Å². The van der Waals surface area contributed by atoms with Gasteiger partial charge < -0.3 is 0 Å². The molecule has 0 aliphatic rings. The number of nitrogens with zero attached hydrogens (tertiary/aromatic N) is 1. The van der Waals surface area contributed by atoms with Crippen LogP contribution in [0.15, 0.2) is 79.0 Å². The van der Waals surface area contributed by atoms with Crippen molar-refractivity contribution in [3.8, 4) is 22.4 Å². The Kier molecular flexibility index (Phi) is 3.81. The minimum Gasteiger partial charge on any atom is -0.207 e. The van der Waals surface area contributed by atoms with Gasteiger partial charge in [0.05, 0.1) is 5.39 Å². The van der Waals surface area contributed by atoms with E-state index < -0.39 is 0 Å². The molecule has 122 valence electrons. The molecule has 3 aromatic carbocycles. The van der Waals surface area contributed by atoms with E-state index in [-0.39, 0.29) is 5.82 Å². The van der Waals surface area contributed by atoms with Crippen LogP contribution in [0.5, 0.6) is 0 Å². The van der Waals surface area contributed by atoms with Crippen molar-refractivity contribution in [3.05, 3.63) is 90.4 Å². The second-order valence-electron chi connectivity index (χ2n) is 6.40. The lowest BCUT2D eigenvalue weighted by molar-refractivity contribution is -0.659. The molecule has 0 radical (unpaired) electrons. The molecule has 0 saturated carbocycles. The summed E-state index contributed by atoms with van der Waals surface area (Å²) in [5.74, 6) is -0.210. The molecule has 25 heavy (non-hydrogen) atoms. The molecule has 0 atom stereocenters. The predicted molar refractivity (Wildman–Crippen MR) is 101 cm³/mol. The molecule has 4 aromatic rings. The molecule has 1 nitrogen and oxygen atoms in total. The van der Waals surface area contributed by atoms with E-state index >= 15 is 0 Å². The van der Waals surface area contributed by atoms with Crippen molar-refractivity contribution in [1.82, 2.24) is 0 Å². The fourth-order valence-electron chi connectivity index (χ4n) is 3.37. The second kappa shape index (κ2) is 6.14. The quantitative estimate of drug-likeness (QED) is 0.431. The molecule has 0 N–H and O–H groups in total. The number of hydrogen-bond acceptors (Lipinski definition) is 0. The Balaban J connectivity index is 1.93. The van der Waals surface area contributed by atoms with Crippen molar-refractivity contribution in [2.75, 3.05) is 0 Å². The summed E-state index contributed by atoms with van der Waals surface area (Å²) >= 11 is 0. The summed E-state index contributed by atoms with van der Waals surface area (Å²) in [5.41, 5.74) is 5.82. The zero-order valence-corrected chi connectivity index (χ0v) is 14.3. The SMILES string of the molecule is Cc1ccccc1-c1c2ccc(-c3ccc(F)cc3)cc2cc[n+]1C. The van der Waals surface area contributed by atoms with Gasteiger partial charge in [0.25, 0.3) is 0 Å². The Hall–Kier alpha value is -3.00. The fourth-order valence-corrected chi connectivity index (χ4v) is 3.37. The summed E-state index contributed by atoms with van der Waals surface area (Å²) < 4.78 is 15.3. The van der Waals surface area contributed by atoms with Gasteiger partial charge >= 0.3 is 0 Å². The molecule has 0 spiro atoms. The third-order valence-corrected chi connectivity index (χ3v) is 4.71. The van der Waals surface area contributed by atoms with E-state index in [1.165, 1.54) is 39.7 Å². The van der Waals surface area contributed by atoms with Gasteiger partial charge in [-0.3, -0.25) is 0 Å². The summed E-state index contributed by atoms with van der Waals surface area (Å²) in [5, 5.41) is 2.39. The number of aryl methyl sites for hydroxylation is 2. The molecule has 0 bridgehead atoms. The molecular formula is C23H19FN+. The zero-order valence-electron chi connectivity index (χ0n) is 14.3. The van der Waals surface area contributed by atoms with Gasteiger partial charge in [-0.15, -0.1) is 0 Å². The number of benzene rings is 3. The third-order valence-electron chi connectivity index (χ3n) is 4.71. The Morgan fingerprint density at radius 1 is 0.800 bits per heavy atom. The first kappa shape index (κ1) is 15.5. The topological polar surface area (TPSA) is 3.88 Å². The van der Waals surface area contributed by atoms with E-state index in [0.29, 0.717) is 0 Å². The van der Waals surface area contributed by atoms with Gasteiger partial charge in [-0.25, -0.2) is 8.96 Å². The maximum atomic E-state index is 13.2. The van der Waals surface area contributed by atoms with Crippen molar-refractivity contribution in [2.45, 2.75) is 6.92 Å². The van der Waals surface area contributed by atoms with Crippen molar-refractivity contribution >= 4 is 10.8 Å². The van der Waals surface area contributed by atoms with Crippen molar-refractivity contribution in [3.63, 3.8) is 0 Å². The minimum absolute atomic E-state index is 0.210. The van der Waals surface area contributed by atoms with E-state index in [9.17, 15) is 4.39 Å². The first-order valence-corrected chi connectivity index (χ1v) is 8.38. The molecule has 0 unspecified atom stereocenters. The van der Waals surface area contributed by atoms with Crippen LogP contribution in [0.25, 0.3) is 33.2 Å². The van der Waals surface area contributed by atoms with E-state index in [4.69, 9.17) is 0 Å². The smallest absolute Gasteiger partial charge is 0.207 e. The van der Waals surface area contributed by atoms with Crippen LogP contribution in [-0.2, 0) is 7.05 Å². The van der Waals surface area contributed by atoms with Gasteiger partial charge in [0.15, 0.2) is 6.20 Å². The lowest BCUT2D eigenvalue weighted by Crippen LogP contribution is -2.30. The number of rotatable bonds is 2. The highest BCUT2D eigenvalue weighted by Crippen LogP contribution is 2.30. The van der Waals surface area contributed by atoms with Crippen LogP contribution in [-0.4, -0.2) is 0 Å². The van der Waals surface area contributed by atoms with Crippen LogP contribution in [0, 0.1) is 12.7 Å². The van der Waals surface area contributed by atoms with Crippen LogP contribution in [0.1, 0.15) is 5.56 Å². The Bertz CT molecular complexity index is 1070. The molecule has 0 saturated heterocycles. The summed E-state index contributed by atoms with van der Waals surface area (Å²) in [6, 6.07) is 23.7. The standard InChI is InChI=1S/C23H19FN/c1-16-5-3-4-6-21(16)23-22-12-9-18(15-19(22)13-14-25(23)2)17-7-10-20(24)11-8-17/h3-15H,1-2H3/q+1. The van der Waals surface area contributed by atoms with Gasteiger partial charge in [-0.1, -0.05) is 36.4 Å². The fraction of sp³-hybridized carbons (Fsp3) is 0.0870. The first-order valence-electron chi connectivity index (χ1n) is 8.38. The Morgan fingerprint density at radius 3 is 2.28 bits per heavy atom. The summed E-state index contributed by atoms with van der Waals surface area (Å²) in [7, 11) is 2.08. The number of hydrogen-bond donors (Lipinski definition) is 0. The average Bonchev–Trinajstić information content (AvgIpc) is 2.63. The number of fused-ring (bicyclic) bond motifs is 1. The number of halogens is 1. The second-order valence-corrected chi connectivity index (χ2v) is 6.40. The van der Waals surface area contributed by atoms with Gasteiger partial charge in [0, 0.05) is 11.6 Å². The Labute approximate surface area is 147 Å². The molecule has 4 rings (SSSR count). The maximum Gasteiger partial charge on any atom is 0.220 e. The monoisotopic (exact) mass is 328 g/mol. The maximum absolute atomic E-state index is 13.2. The molecular weight excluding hydrogens is 309 g/mol. The lowest BCUT2D eigenvalue weighted by atomic mass is 9.97. The molecule has 0 aliphatic carbocycles. The lowest BCUT2D eigenvalue weighted by Gasteiger charge is -2.09. The van der Waals surface area contributed by atoms with Gasteiger partial charge in [-0.05, 0) is 59.3 Å². The van der Waals surface area contributed by atoms with E-state index in [1.807, 2.05) is 12.1 Å². The van der Waals surface area contributed by atoms with Crippen LogP contribution in [0.4, 0.5) is 4.39 Å². The predicted octanol–water partition coefficient (Wildman–Crippen LogP) is 5.45. The summed E-state index contributed by atoms with van der Waals surface area (Å²) in [6.45, 7) is 2.14. The molecule has 1 heterocycles. The molecule has 1 aromatic heterocycles. The van der Waals surface area contributed by atoms with Crippen LogP contribution < -0.4 is 4.57 Å². The Morgan fingerprint density at radius 2 is 1.52 bits per heavy atom. The summed E-state index contributed by atoms with van der Waals surface area (Å²) in [4.78, 5) is 0. The molecule has 0 fully saturated rings. The van der Waals surface area contributed by atoms with Crippen molar-refractivity contribution < 1.29 is 8.96 Å². The first-order chi connectivity index (χ1) is 12.1. The van der Waals surface area contributed by atoms with Gasteiger partial charge in [-0.2, -0.15) is 0 Å². The van der Waals surface area contributed by atoms with E-state index in [2.05, 4.69) is 73.3 Å². The van der Waals surface area contributed by atoms with Crippen LogP contribution in [0.3, 0.4) is 0 Å².